The molecular formula is C13H9N3O6. The predicted molar refractivity (Wildman–Crippen MR) is 73.8 cm³/mol. The zero-order valence-corrected chi connectivity index (χ0v) is 10.9. The summed E-state index contributed by atoms with van der Waals surface area (Å²) in [6.07, 6.45) is 1.15. The lowest BCUT2D eigenvalue weighted by Crippen LogP contribution is -2.17. The Labute approximate surface area is 123 Å². The van der Waals surface area contributed by atoms with Crippen LogP contribution in [0, 0.1) is 10.1 Å². The van der Waals surface area contributed by atoms with Gasteiger partial charge < -0.3 is 9.52 Å². The Kier molecular flexibility index (Phi) is 4.27. The molecular weight excluding hydrogens is 294 g/mol. The number of benzene rings is 1. The monoisotopic (exact) mass is 303 g/mol. The zero-order chi connectivity index (χ0) is 16.1. The minimum atomic E-state index is -1.13. The van der Waals surface area contributed by atoms with E-state index in [2.05, 4.69) is 10.5 Å². The highest BCUT2D eigenvalue weighted by atomic mass is 16.6. The molecule has 0 saturated heterocycles. The van der Waals surface area contributed by atoms with Crippen molar-refractivity contribution in [3.63, 3.8) is 0 Å². The van der Waals surface area contributed by atoms with Crippen molar-refractivity contribution in [1.82, 2.24) is 5.43 Å². The number of nitro groups is 1. The number of hydrogen-bond donors (Lipinski definition) is 2. The summed E-state index contributed by atoms with van der Waals surface area (Å²) in [5.41, 5.74) is 2.40. The van der Waals surface area contributed by atoms with E-state index in [0.29, 0.717) is 5.56 Å². The quantitative estimate of drug-likeness (QED) is 0.489. The standard InChI is InChI=1S/C13H9N3O6/c17-12(10-5-6-11(22-10)16(20)21)15-14-7-8-3-1-2-4-9(8)13(18)19/h1-7H,(H,15,17)(H,18,19). The first kappa shape index (κ1) is 14.9. The van der Waals surface area contributed by atoms with E-state index in [-0.39, 0.29) is 11.3 Å². The number of aromatic carboxylic acids is 1. The van der Waals surface area contributed by atoms with E-state index in [1.807, 2.05) is 0 Å². The van der Waals surface area contributed by atoms with Crippen molar-refractivity contribution in [2.75, 3.05) is 0 Å². The minimum absolute atomic E-state index is 0.0223. The predicted octanol–water partition coefficient (Wildman–Crippen LogP) is 1.65. The summed E-state index contributed by atoms with van der Waals surface area (Å²) in [5.74, 6) is -2.77. The second-order valence-electron chi connectivity index (χ2n) is 3.99. The molecule has 2 rings (SSSR count). The molecule has 1 aromatic carbocycles. The first-order chi connectivity index (χ1) is 10.5. The van der Waals surface area contributed by atoms with Crippen LogP contribution in [0.4, 0.5) is 5.88 Å². The highest BCUT2D eigenvalue weighted by molar-refractivity contribution is 5.99. The molecule has 9 nitrogen and oxygen atoms in total. The average Bonchev–Trinajstić information content (AvgIpc) is 2.97. The van der Waals surface area contributed by atoms with Crippen LogP contribution in [0.1, 0.15) is 26.5 Å². The molecule has 22 heavy (non-hydrogen) atoms. The Balaban J connectivity index is 2.07. The molecule has 0 fully saturated rings. The van der Waals surface area contributed by atoms with Crippen molar-refractivity contribution in [2.45, 2.75) is 0 Å². The van der Waals surface area contributed by atoms with Gasteiger partial charge in [-0.2, -0.15) is 5.10 Å². The molecule has 0 bridgehead atoms. The first-order valence-corrected chi connectivity index (χ1v) is 5.89. The number of hydrogen-bond acceptors (Lipinski definition) is 6. The number of nitrogens with one attached hydrogen (secondary N) is 1. The topological polar surface area (TPSA) is 135 Å². The fraction of sp³-hybridized carbons (Fsp3) is 0. The van der Waals surface area contributed by atoms with Crippen LogP contribution < -0.4 is 5.43 Å². The van der Waals surface area contributed by atoms with Gasteiger partial charge in [-0.3, -0.25) is 14.9 Å². The lowest BCUT2D eigenvalue weighted by molar-refractivity contribution is -0.402. The molecule has 9 heteroatoms. The number of amides is 1. The Morgan fingerprint density at radius 2 is 2.00 bits per heavy atom. The summed E-state index contributed by atoms with van der Waals surface area (Å²) in [5, 5.41) is 23.0. The summed E-state index contributed by atoms with van der Waals surface area (Å²) in [4.78, 5) is 32.3. The van der Waals surface area contributed by atoms with E-state index in [1.165, 1.54) is 12.1 Å². The van der Waals surface area contributed by atoms with Crippen LogP contribution >= 0.6 is 0 Å². The maximum Gasteiger partial charge on any atom is 0.433 e. The molecule has 0 aliphatic rings. The summed E-state index contributed by atoms with van der Waals surface area (Å²) < 4.78 is 4.69. The third-order valence-electron chi connectivity index (χ3n) is 2.56. The summed E-state index contributed by atoms with van der Waals surface area (Å²) in [6.45, 7) is 0. The molecule has 0 atom stereocenters. The van der Waals surface area contributed by atoms with E-state index in [1.54, 1.807) is 12.1 Å². The first-order valence-electron chi connectivity index (χ1n) is 5.89. The van der Waals surface area contributed by atoms with Gasteiger partial charge in [0.2, 0.25) is 5.76 Å². The van der Waals surface area contributed by atoms with Crippen LogP contribution in [0.25, 0.3) is 0 Å². The van der Waals surface area contributed by atoms with Gasteiger partial charge in [0.1, 0.15) is 4.92 Å². The van der Waals surface area contributed by atoms with Crippen LogP contribution in [0.15, 0.2) is 45.9 Å². The van der Waals surface area contributed by atoms with Crippen molar-refractivity contribution in [2.24, 2.45) is 5.10 Å². The number of nitrogens with zero attached hydrogens (tertiary/aromatic N) is 2. The lowest BCUT2D eigenvalue weighted by atomic mass is 10.1. The third-order valence-corrected chi connectivity index (χ3v) is 2.56. The third kappa shape index (κ3) is 3.33. The fourth-order valence-electron chi connectivity index (χ4n) is 1.57. The van der Waals surface area contributed by atoms with Crippen molar-refractivity contribution >= 4 is 24.0 Å². The SMILES string of the molecule is O=C(NN=Cc1ccccc1C(=O)O)c1ccc([N+](=O)[O-])o1. The largest absolute Gasteiger partial charge is 0.478 e. The van der Waals surface area contributed by atoms with Gasteiger partial charge in [-0.15, -0.1) is 0 Å². The maximum atomic E-state index is 11.6. The summed E-state index contributed by atoms with van der Waals surface area (Å²) in [7, 11) is 0. The Morgan fingerprint density at radius 1 is 1.27 bits per heavy atom. The Hall–Kier alpha value is -3.49. The molecule has 1 amide bonds. The number of rotatable bonds is 5. The van der Waals surface area contributed by atoms with E-state index in [0.717, 1.165) is 18.3 Å². The van der Waals surface area contributed by atoms with E-state index >= 15 is 0 Å². The molecule has 112 valence electrons. The zero-order valence-electron chi connectivity index (χ0n) is 10.9. The van der Waals surface area contributed by atoms with Crippen LogP contribution in [-0.2, 0) is 0 Å². The molecule has 1 heterocycles. The summed E-state index contributed by atoms with van der Waals surface area (Å²) >= 11 is 0. The molecule has 0 aliphatic carbocycles. The molecule has 0 unspecified atom stereocenters. The molecule has 0 saturated carbocycles. The fourth-order valence-corrected chi connectivity index (χ4v) is 1.57. The van der Waals surface area contributed by atoms with Gasteiger partial charge in [0.25, 0.3) is 0 Å². The smallest absolute Gasteiger partial charge is 0.433 e. The van der Waals surface area contributed by atoms with Crippen LogP contribution in [-0.4, -0.2) is 28.1 Å². The van der Waals surface area contributed by atoms with E-state index in [4.69, 9.17) is 9.52 Å². The number of hydrazone groups is 1. The van der Waals surface area contributed by atoms with Gasteiger partial charge in [0.05, 0.1) is 17.8 Å². The van der Waals surface area contributed by atoms with Gasteiger partial charge in [-0.05, 0) is 12.1 Å². The van der Waals surface area contributed by atoms with Gasteiger partial charge in [0.15, 0.2) is 0 Å². The second-order valence-corrected chi connectivity index (χ2v) is 3.99. The number of carbonyl (C=O) groups excluding carboxylic acids is 1. The lowest BCUT2D eigenvalue weighted by Gasteiger charge is -1.99. The van der Waals surface area contributed by atoms with Gasteiger partial charge in [0, 0.05) is 5.56 Å². The van der Waals surface area contributed by atoms with E-state index in [9.17, 15) is 19.7 Å². The Bertz CT molecular complexity index is 765. The molecule has 2 N–H and O–H groups in total. The average molecular weight is 303 g/mol. The van der Waals surface area contributed by atoms with Crippen molar-refractivity contribution in [3.8, 4) is 0 Å². The van der Waals surface area contributed by atoms with E-state index < -0.39 is 22.7 Å². The number of furan rings is 1. The van der Waals surface area contributed by atoms with Crippen molar-refractivity contribution in [3.05, 3.63) is 63.4 Å². The summed E-state index contributed by atoms with van der Waals surface area (Å²) in [6, 6.07) is 8.25. The van der Waals surface area contributed by atoms with Gasteiger partial charge in [-0.25, -0.2) is 10.2 Å². The van der Waals surface area contributed by atoms with Crippen LogP contribution in [0.2, 0.25) is 0 Å². The van der Waals surface area contributed by atoms with Crippen LogP contribution in [0.5, 0.6) is 0 Å². The van der Waals surface area contributed by atoms with Gasteiger partial charge >= 0.3 is 17.8 Å². The second kappa shape index (κ2) is 6.31. The molecule has 0 spiro atoms. The van der Waals surface area contributed by atoms with Crippen LogP contribution in [0.3, 0.4) is 0 Å². The number of carboxylic acids is 1. The van der Waals surface area contributed by atoms with Crippen molar-refractivity contribution in [1.29, 1.82) is 0 Å². The number of carboxylic acid groups (broad SMARTS) is 1. The van der Waals surface area contributed by atoms with Gasteiger partial charge in [-0.1, -0.05) is 18.2 Å². The maximum absolute atomic E-state index is 11.6. The molecule has 1 aromatic heterocycles. The van der Waals surface area contributed by atoms with Crippen molar-refractivity contribution < 1.29 is 24.0 Å². The highest BCUT2D eigenvalue weighted by Gasteiger charge is 2.16. The normalized spacial score (nSPS) is 10.5. The number of carbonyl (C=O) groups is 2. The molecule has 2 aromatic rings. The highest BCUT2D eigenvalue weighted by Crippen LogP contribution is 2.15. The minimum Gasteiger partial charge on any atom is -0.478 e. The molecule has 0 aliphatic heterocycles. The molecule has 0 radical (unpaired) electrons. The Morgan fingerprint density at radius 3 is 2.64 bits per heavy atom.